The highest BCUT2D eigenvalue weighted by Crippen LogP contribution is 2.36. The molecule has 1 aromatic rings. The van der Waals surface area contributed by atoms with Gasteiger partial charge in [0, 0.05) is 24.3 Å². The van der Waals surface area contributed by atoms with Crippen molar-refractivity contribution in [3.8, 4) is 0 Å². The molecule has 0 saturated carbocycles. The van der Waals surface area contributed by atoms with Crippen molar-refractivity contribution >= 4 is 11.6 Å². The van der Waals surface area contributed by atoms with Crippen LogP contribution in [0.25, 0.3) is 0 Å². The summed E-state index contributed by atoms with van der Waals surface area (Å²) < 4.78 is 0. The second-order valence-electron chi connectivity index (χ2n) is 5.93. The van der Waals surface area contributed by atoms with Crippen molar-refractivity contribution in [1.82, 2.24) is 4.90 Å². The molecule has 1 N–H and O–H groups in total. The Labute approximate surface area is 108 Å². The van der Waals surface area contributed by atoms with Crippen molar-refractivity contribution in [2.45, 2.75) is 38.1 Å². The summed E-state index contributed by atoms with van der Waals surface area (Å²) in [5.41, 5.74) is 2.30. The number of hydrogen-bond acceptors (Lipinski definition) is 2. The zero-order valence-electron chi connectivity index (χ0n) is 11.1. The Hall–Kier alpha value is -1.51. The van der Waals surface area contributed by atoms with Crippen LogP contribution >= 0.6 is 0 Å². The largest absolute Gasteiger partial charge is 0.384 e. The Morgan fingerprint density at radius 1 is 1.39 bits per heavy atom. The summed E-state index contributed by atoms with van der Waals surface area (Å²) >= 11 is 0. The van der Waals surface area contributed by atoms with E-state index in [1.165, 1.54) is 0 Å². The molecule has 1 fully saturated rings. The molecule has 0 spiro atoms. The first-order chi connectivity index (χ1) is 8.59. The lowest BCUT2D eigenvalue weighted by molar-refractivity contribution is -0.135. The zero-order chi connectivity index (χ0) is 12.8. The van der Waals surface area contributed by atoms with Gasteiger partial charge in [-0.05, 0) is 38.3 Å². The normalized spacial score (nSPS) is 24.8. The fourth-order valence-corrected chi connectivity index (χ4v) is 3.21. The van der Waals surface area contributed by atoms with Gasteiger partial charge in [-0.3, -0.25) is 4.79 Å². The van der Waals surface area contributed by atoms with E-state index in [1.807, 2.05) is 12.1 Å². The number of carbonyl (C=O) groups is 1. The topological polar surface area (TPSA) is 32.3 Å². The van der Waals surface area contributed by atoms with Gasteiger partial charge in [0.15, 0.2) is 0 Å². The van der Waals surface area contributed by atoms with Crippen LogP contribution in [0.3, 0.4) is 0 Å². The second-order valence-corrected chi connectivity index (χ2v) is 5.93. The van der Waals surface area contributed by atoms with E-state index in [9.17, 15) is 4.79 Å². The van der Waals surface area contributed by atoms with Crippen molar-refractivity contribution in [3.63, 3.8) is 0 Å². The molecule has 3 rings (SSSR count). The van der Waals surface area contributed by atoms with Crippen LogP contribution in [0.4, 0.5) is 5.69 Å². The predicted octanol–water partition coefficient (Wildman–Crippen LogP) is 2.60. The molecule has 1 saturated heterocycles. The molecule has 3 heteroatoms. The molecule has 0 aliphatic carbocycles. The molecule has 1 amide bonds. The third-order valence-electron chi connectivity index (χ3n) is 4.30. The minimum atomic E-state index is -0.00132. The van der Waals surface area contributed by atoms with Gasteiger partial charge in [-0.25, -0.2) is 0 Å². The fourth-order valence-electron chi connectivity index (χ4n) is 3.21. The van der Waals surface area contributed by atoms with Crippen molar-refractivity contribution in [1.29, 1.82) is 0 Å². The molecule has 0 radical (unpaired) electrons. The molecule has 0 aromatic heterocycles. The monoisotopic (exact) mass is 244 g/mol. The third-order valence-corrected chi connectivity index (χ3v) is 4.30. The maximum atomic E-state index is 12.7. The van der Waals surface area contributed by atoms with E-state index in [2.05, 4.69) is 36.2 Å². The van der Waals surface area contributed by atoms with Crippen molar-refractivity contribution < 1.29 is 4.79 Å². The molecule has 2 aliphatic rings. The minimum Gasteiger partial charge on any atom is -0.384 e. The molecule has 1 unspecified atom stereocenters. The van der Waals surface area contributed by atoms with Crippen LogP contribution in [0.2, 0.25) is 0 Å². The summed E-state index contributed by atoms with van der Waals surface area (Å²) in [6, 6.07) is 8.15. The summed E-state index contributed by atoms with van der Waals surface area (Å²) in [5, 5.41) is 3.33. The van der Waals surface area contributed by atoms with E-state index >= 15 is 0 Å². The number of amides is 1. The number of rotatable bonds is 1. The van der Waals surface area contributed by atoms with E-state index in [-0.39, 0.29) is 17.4 Å². The van der Waals surface area contributed by atoms with Gasteiger partial charge < -0.3 is 10.2 Å². The Kier molecular flexibility index (Phi) is 2.58. The summed E-state index contributed by atoms with van der Waals surface area (Å²) in [7, 11) is 0. The van der Waals surface area contributed by atoms with Crippen LogP contribution in [-0.4, -0.2) is 29.4 Å². The number of nitrogens with zero attached hydrogens (tertiary/aromatic N) is 1. The number of nitrogens with one attached hydrogen (secondary N) is 1. The first-order valence-electron chi connectivity index (χ1n) is 6.74. The van der Waals surface area contributed by atoms with Crippen LogP contribution in [0.5, 0.6) is 0 Å². The first-order valence-corrected chi connectivity index (χ1v) is 6.74. The zero-order valence-corrected chi connectivity index (χ0v) is 11.1. The van der Waals surface area contributed by atoms with Crippen molar-refractivity contribution in [2.75, 3.05) is 18.4 Å². The molecule has 96 valence electrons. The highest BCUT2D eigenvalue weighted by atomic mass is 16.2. The van der Waals surface area contributed by atoms with Gasteiger partial charge in [0.05, 0.1) is 5.92 Å². The Balaban J connectivity index is 1.87. The van der Waals surface area contributed by atoms with Gasteiger partial charge in [0.25, 0.3) is 0 Å². The summed E-state index contributed by atoms with van der Waals surface area (Å²) in [5.74, 6) is 0.286. The van der Waals surface area contributed by atoms with Gasteiger partial charge in [-0.15, -0.1) is 0 Å². The maximum Gasteiger partial charge on any atom is 0.232 e. The average molecular weight is 244 g/mol. The quantitative estimate of drug-likeness (QED) is 0.823. The van der Waals surface area contributed by atoms with E-state index in [1.54, 1.807) is 0 Å². The minimum absolute atomic E-state index is 0.00132. The molecule has 1 aromatic carbocycles. The Bertz CT molecular complexity index is 481. The van der Waals surface area contributed by atoms with Gasteiger partial charge in [0.1, 0.15) is 0 Å². The molecule has 2 aliphatic heterocycles. The lowest BCUT2D eigenvalue weighted by atomic mass is 9.96. The Morgan fingerprint density at radius 2 is 2.17 bits per heavy atom. The van der Waals surface area contributed by atoms with Crippen LogP contribution < -0.4 is 5.32 Å². The maximum absolute atomic E-state index is 12.7. The standard InChI is InChI=1S/C15H20N2O/c1-15(2)8-5-9-17(15)14(18)12-10-16-13-7-4-3-6-11(12)13/h3-4,6-7,12,16H,5,8-10H2,1-2H3. The number of likely N-dealkylation sites (tertiary alicyclic amines) is 1. The van der Waals surface area contributed by atoms with Gasteiger partial charge in [-0.2, -0.15) is 0 Å². The molecule has 18 heavy (non-hydrogen) atoms. The highest BCUT2D eigenvalue weighted by Gasteiger charge is 2.40. The summed E-state index contributed by atoms with van der Waals surface area (Å²) in [6.07, 6.45) is 2.24. The number of carbonyl (C=O) groups excluding carboxylic acids is 1. The van der Waals surface area contributed by atoms with Crippen molar-refractivity contribution in [2.24, 2.45) is 0 Å². The first kappa shape index (κ1) is 11.6. The molecule has 0 bridgehead atoms. The summed E-state index contributed by atoms with van der Waals surface area (Å²) in [4.78, 5) is 14.8. The molecule has 3 nitrogen and oxygen atoms in total. The number of hydrogen-bond donors (Lipinski definition) is 1. The van der Waals surface area contributed by atoms with Gasteiger partial charge in [0.2, 0.25) is 5.91 Å². The molecule has 2 heterocycles. The van der Waals surface area contributed by atoms with E-state index in [0.29, 0.717) is 0 Å². The van der Waals surface area contributed by atoms with Gasteiger partial charge >= 0.3 is 0 Å². The van der Waals surface area contributed by atoms with E-state index in [4.69, 9.17) is 0 Å². The van der Waals surface area contributed by atoms with E-state index < -0.39 is 0 Å². The smallest absolute Gasteiger partial charge is 0.232 e. The number of para-hydroxylation sites is 1. The van der Waals surface area contributed by atoms with Crippen LogP contribution in [0, 0.1) is 0 Å². The SMILES string of the molecule is CC1(C)CCCN1C(=O)C1CNc2ccccc21. The average Bonchev–Trinajstić information content (AvgIpc) is 2.91. The molecule has 1 atom stereocenters. The number of fused-ring (bicyclic) bond motifs is 1. The van der Waals surface area contributed by atoms with Crippen molar-refractivity contribution in [3.05, 3.63) is 29.8 Å². The lowest BCUT2D eigenvalue weighted by Crippen LogP contribution is -2.45. The predicted molar refractivity (Wildman–Crippen MR) is 72.7 cm³/mol. The molecular formula is C15H20N2O. The van der Waals surface area contributed by atoms with Crippen LogP contribution in [0.15, 0.2) is 24.3 Å². The third kappa shape index (κ3) is 1.69. The fraction of sp³-hybridized carbons (Fsp3) is 0.533. The number of anilines is 1. The second kappa shape index (κ2) is 4.01. The molecular weight excluding hydrogens is 224 g/mol. The Morgan fingerprint density at radius 3 is 2.89 bits per heavy atom. The number of benzene rings is 1. The highest BCUT2D eigenvalue weighted by molar-refractivity contribution is 5.88. The lowest BCUT2D eigenvalue weighted by Gasteiger charge is -2.33. The summed E-state index contributed by atoms with van der Waals surface area (Å²) in [6.45, 7) is 5.99. The van der Waals surface area contributed by atoms with E-state index in [0.717, 1.165) is 37.2 Å². The van der Waals surface area contributed by atoms with Crippen LogP contribution in [-0.2, 0) is 4.79 Å². The van der Waals surface area contributed by atoms with Gasteiger partial charge in [-0.1, -0.05) is 18.2 Å². The van der Waals surface area contributed by atoms with Crippen LogP contribution in [0.1, 0.15) is 38.2 Å².